The Balaban J connectivity index is 2.08. The lowest BCUT2D eigenvalue weighted by Crippen LogP contribution is -2.41. The van der Waals surface area contributed by atoms with Crippen molar-refractivity contribution in [3.63, 3.8) is 0 Å². The molecule has 0 saturated carbocycles. The standard InChI is InChI=1S/C17H19N3O4/c1-20(14-6-4-11(5-7-14)17(22)24-3)10-13-8-12(9-18)16(23-2)19-15(13)21/h4-7,13H,8,10H2,1-3H3,(H,19,21). The van der Waals surface area contributed by atoms with Gasteiger partial charge < -0.3 is 14.4 Å². The summed E-state index contributed by atoms with van der Waals surface area (Å²) in [7, 11) is 4.60. The van der Waals surface area contributed by atoms with Crippen molar-refractivity contribution in [1.29, 1.82) is 5.26 Å². The van der Waals surface area contributed by atoms with Crippen molar-refractivity contribution in [1.82, 2.24) is 5.32 Å². The fraction of sp³-hybridized carbons (Fsp3) is 0.353. The summed E-state index contributed by atoms with van der Waals surface area (Å²) in [6.45, 7) is 0.436. The molecule has 24 heavy (non-hydrogen) atoms. The lowest BCUT2D eigenvalue weighted by atomic mass is 9.95. The van der Waals surface area contributed by atoms with E-state index >= 15 is 0 Å². The second-order valence-electron chi connectivity index (χ2n) is 5.43. The van der Waals surface area contributed by atoms with Crippen LogP contribution in [0.2, 0.25) is 0 Å². The molecule has 1 heterocycles. The number of carbonyl (C=O) groups excluding carboxylic acids is 2. The Morgan fingerprint density at radius 1 is 1.38 bits per heavy atom. The van der Waals surface area contributed by atoms with Crippen LogP contribution in [0.1, 0.15) is 16.8 Å². The molecule has 0 fully saturated rings. The summed E-state index contributed by atoms with van der Waals surface area (Å²) in [6, 6.07) is 8.98. The molecule has 2 rings (SSSR count). The molecule has 1 aliphatic heterocycles. The molecule has 126 valence electrons. The Morgan fingerprint density at radius 3 is 2.58 bits per heavy atom. The van der Waals surface area contributed by atoms with Crippen LogP contribution in [0.4, 0.5) is 5.69 Å². The summed E-state index contributed by atoms with van der Waals surface area (Å²) in [5.74, 6) is -0.705. The summed E-state index contributed by atoms with van der Waals surface area (Å²) >= 11 is 0. The highest BCUT2D eigenvalue weighted by Gasteiger charge is 2.29. The number of anilines is 1. The first kappa shape index (κ1) is 17.3. The van der Waals surface area contributed by atoms with Crippen molar-refractivity contribution in [2.24, 2.45) is 5.92 Å². The highest BCUT2D eigenvalue weighted by Crippen LogP contribution is 2.23. The van der Waals surface area contributed by atoms with Crippen LogP contribution in [0.15, 0.2) is 35.7 Å². The van der Waals surface area contributed by atoms with Gasteiger partial charge in [0.05, 0.1) is 31.3 Å². The lowest BCUT2D eigenvalue weighted by Gasteiger charge is -2.28. The number of esters is 1. The molecule has 0 radical (unpaired) electrons. The first-order valence-electron chi connectivity index (χ1n) is 7.37. The predicted octanol–water partition coefficient (Wildman–Crippen LogP) is 1.43. The van der Waals surface area contributed by atoms with Crippen LogP contribution in [0.3, 0.4) is 0 Å². The second kappa shape index (κ2) is 7.51. The molecule has 1 N–H and O–H groups in total. The van der Waals surface area contributed by atoms with Crippen LogP contribution in [0.5, 0.6) is 0 Å². The highest BCUT2D eigenvalue weighted by molar-refractivity contribution is 5.89. The Bertz CT molecular complexity index is 704. The minimum Gasteiger partial charge on any atom is -0.482 e. The second-order valence-corrected chi connectivity index (χ2v) is 5.43. The third-order valence-corrected chi connectivity index (χ3v) is 3.89. The molecule has 0 aliphatic carbocycles. The molecule has 7 nitrogen and oxygen atoms in total. The van der Waals surface area contributed by atoms with E-state index in [0.717, 1.165) is 5.69 Å². The number of nitrogens with zero attached hydrogens (tertiary/aromatic N) is 2. The van der Waals surface area contributed by atoms with Crippen LogP contribution in [0, 0.1) is 17.2 Å². The molecule has 1 amide bonds. The number of methoxy groups -OCH3 is 2. The molecule has 7 heteroatoms. The number of carbonyl (C=O) groups is 2. The number of hydrogen-bond donors (Lipinski definition) is 1. The van der Waals surface area contributed by atoms with Gasteiger partial charge in [-0.3, -0.25) is 10.1 Å². The van der Waals surface area contributed by atoms with Gasteiger partial charge >= 0.3 is 5.97 Å². The van der Waals surface area contributed by atoms with Crippen molar-refractivity contribution < 1.29 is 19.1 Å². The number of rotatable bonds is 5. The lowest BCUT2D eigenvalue weighted by molar-refractivity contribution is -0.125. The first-order chi connectivity index (χ1) is 11.5. The van der Waals surface area contributed by atoms with Gasteiger partial charge in [-0.25, -0.2) is 4.79 Å². The third kappa shape index (κ3) is 3.66. The molecule has 1 atom stereocenters. The van der Waals surface area contributed by atoms with Gasteiger partial charge in [-0.15, -0.1) is 0 Å². The van der Waals surface area contributed by atoms with Crippen LogP contribution >= 0.6 is 0 Å². The van der Waals surface area contributed by atoms with Gasteiger partial charge in [0.2, 0.25) is 11.8 Å². The number of amides is 1. The molecule has 1 aliphatic rings. The topological polar surface area (TPSA) is 91.7 Å². The van der Waals surface area contributed by atoms with Crippen LogP contribution < -0.4 is 10.2 Å². The SMILES string of the molecule is COC(=O)c1ccc(N(C)CC2CC(C#N)=C(OC)NC2=O)cc1. The van der Waals surface area contributed by atoms with Crippen molar-refractivity contribution in [3.05, 3.63) is 41.3 Å². The van der Waals surface area contributed by atoms with Crippen LogP contribution in [0.25, 0.3) is 0 Å². The van der Waals surface area contributed by atoms with E-state index in [1.165, 1.54) is 14.2 Å². The first-order valence-corrected chi connectivity index (χ1v) is 7.37. The molecule has 1 aromatic carbocycles. The van der Waals surface area contributed by atoms with E-state index in [1.807, 2.05) is 11.9 Å². The molecule has 0 aromatic heterocycles. The van der Waals surface area contributed by atoms with E-state index in [0.29, 0.717) is 24.1 Å². The number of ether oxygens (including phenoxy) is 2. The molecular weight excluding hydrogens is 310 g/mol. The van der Waals surface area contributed by atoms with Crippen LogP contribution in [-0.4, -0.2) is 39.7 Å². The largest absolute Gasteiger partial charge is 0.482 e. The maximum Gasteiger partial charge on any atom is 0.337 e. The summed E-state index contributed by atoms with van der Waals surface area (Å²) in [5.41, 5.74) is 1.75. The molecule has 1 aromatic rings. The fourth-order valence-corrected chi connectivity index (χ4v) is 2.55. The van der Waals surface area contributed by atoms with Crippen molar-refractivity contribution >= 4 is 17.6 Å². The van der Waals surface area contributed by atoms with Gasteiger partial charge in [-0.1, -0.05) is 0 Å². The van der Waals surface area contributed by atoms with E-state index in [2.05, 4.69) is 16.1 Å². The monoisotopic (exact) mass is 329 g/mol. The summed E-state index contributed by atoms with van der Waals surface area (Å²) in [6.07, 6.45) is 0.329. The summed E-state index contributed by atoms with van der Waals surface area (Å²) in [5, 5.41) is 11.8. The highest BCUT2D eigenvalue weighted by atomic mass is 16.5. The van der Waals surface area contributed by atoms with Gasteiger partial charge in [0.25, 0.3) is 0 Å². The summed E-state index contributed by atoms with van der Waals surface area (Å²) < 4.78 is 9.68. The molecule has 0 saturated heterocycles. The smallest absolute Gasteiger partial charge is 0.337 e. The number of nitrogens with one attached hydrogen (secondary N) is 1. The number of nitriles is 1. The summed E-state index contributed by atoms with van der Waals surface area (Å²) in [4.78, 5) is 25.5. The number of allylic oxidation sites excluding steroid dienone is 1. The van der Waals surface area contributed by atoms with E-state index in [-0.39, 0.29) is 17.7 Å². The number of hydrogen-bond acceptors (Lipinski definition) is 6. The maximum absolute atomic E-state index is 12.2. The Hall–Kier alpha value is -3.01. The zero-order valence-corrected chi connectivity index (χ0v) is 13.8. The van der Waals surface area contributed by atoms with Crippen molar-refractivity contribution in [3.8, 4) is 6.07 Å². The quantitative estimate of drug-likeness (QED) is 0.822. The Kier molecular flexibility index (Phi) is 5.42. The minimum absolute atomic E-state index is 0.177. The maximum atomic E-state index is 12.2. The number of benzene rings is 1. The Morgan fingerprint density at radius 2 is 2.04 bits per heavy atom. The van der Waals surface area contributed by atoms with Crippen molar-refractivity contribution in [2.75, 3.05) is 32.7 Å². The fourth-order valence-electron chi connectivity index (χ4n) is 2.55. The average molecular weight is 329 g/mol. The minimum atomic E-state index is -0.397. The average Bonchev–Trinajstić information content (AvgIpc) is 2.62. The zero-order chi connectivity index (χ0) is 17.7. The zero-order valence-electron chi connectivity index (χ0n) is 13.8. The van der Waals surface area contributed by atoms with E-state index in [4.69, 9.17) is 10.00 Å². The van der Waals surface area contributed by atoms with Gasteiger partial charge in [0, 0.05) is 25.7 Å². The third-order valence-electron chi connectivity index (χ3n) is 3.89. The van der Waals surface area contributed by atoms with E-state index in [9.17, 15) is 9.59 Å². The molecule has 0 bridgehead atoms. The van der Waals surface area contributed by atoms with Gasteiger partial charge in [0.1, 0.15) is 6.07 Å². The van der Waals surface area contributed by atoms with Gasteiger partial charge in [-0.05, 0) is 24.3 Å². The molecule has 1 unspecified atom stereocenters. The van der Waals surface area contributed by atoms with Crippen molar-refractivity contribution in [2.45, 2.75) is 6.42 Å². The predicted molar refractivity (Wildman–Crippen MR) is 86.9 cm³/mol. The Labute approximate surface area is 140 Å². The molecule has 0 spiro atoms. The van der Waals surface area contributed by atoms with Crippen LogP contribution in [-0.2, 0) is 14.3 Å². The molecular formula is C17H19N3O4. The van der Waals surface area contributed by atoms with Gasteiger partial charge in [-0.2, -0.15) is 5.26 Å². The van der Waals surface area contributed by atoms with Gasteiger partial charge in [0.15, 0.2) is 0 Å². The van der Waals surface area contributed by atoms with E-state index in [1.54, 1.807) is 24.3 Å². The van der Waals surface area contributed by atoms with E-state index < -0.39 is 5.97 Å². The normalized spacial score (nSPS) is 16.9.